The van der Waals surface area contributed by atoms with Gasteiger partial charge in [0.1, 0.15) is 0 Å². The van der Waals surface area contributed by atoms with Crippen molar-refractivity contribution in [3.05, 3.63) is 46.5 Å². The average molecular weight is 439 g/mol. The van der Waals surface area contributed by atoms with Crippen LogP contribution < -0.4 is 24.2 Å². The number of benzene rings is 2. The number of nitro groups is 1. The first-order valence-corrected chi connectivity index (χ1v) is 10.0. The van der Waals surface area contributed by atoms with Crippen molar-refractivity contribution in [1.29, 1.82) is 0 Å². The zero-order chi connectivity index (χ0) is 22.3. The number of carbonyl (C=O) groups excluding carboxylic acids is 1. The molecule has 0 aliphatic heterocycles. The van der Waals surface area contributed by atoms with Crippen LogP contribution in [0.5, 0.6) is 17.2 Å². The van der Waals surface area contributed by atoms with Gasteiger partial charge in [-0.25, -0.2) is 13.1 Å². The van der Waals surface area contributed by atoms with Crippen LogP contribution in [-0.4, -0.2) is 47.1 Å². The van der Waals surface area contributed by atoms with Gasteiger partial charge in [0.25, 0.3) is 5.69 Å². The number of non-ortho nitro benzene ring substituents is 1. The molecule has 30 heavy (non-hydrogen) atoms. The Hall–Kier alpha value is -3.38. The van der Waals surface area contributed by atoms with E-state index in [4.69, 9.17) is 14.2 Å². The van der Waals surface area contributed by atoms with E-state index in [1.54, 1.807) is 12.1 Å². The van der Waals surface area contributed by atoms with Crippen LogP contribution in [0.15, 0.2) is 41.3 Å². The number of sulfonamides is 1. The van der Waals surface area contributed by atoms with Gasteiger partial charge in [-0.2, -0.15) is 0 Å². The lowest BCUT2D eigenvalue weighted by Gasteiger charge is -2.14. The van der Waals surface area contributed by atoms with Crippen LogP contribution in [0.1, 0.15) is 6.42 Å². The Morgan fingerprint density at radius 2 is 1.60 bits per heavy atom. The lowest BCUT2D eigenvalue weighted by Crippen LogP contribution is -2.27. The minimum Gasteiger partial charge on any atom is -0.493 e. The first-order chi connectivity index (χ1) is 14.2. The van der Waals surface area contributed by atoms with E-state index in [1.165, 1.54) is 21.3 Å². The molecule has 2 aromatic rings. The second-order valence-corrected chi connectivity index (χ2v) is 7.63. The number of nitro benzene ring substituents is 1. The topological polar surface area (TPSA) is 146 Å². The molecule has 0 spiro atoms. The van der Waals surface area contributed by atoms with Crippen molar-refractivity contribution < 1.29 is 32.3 Å². The summed E-state index contributed by atoms with van der Waals surface area (Å²) in [5.41, 5.74) is 0.159. The predicted octanol–water partition coefficient (Wildman–Crippen LogP) is 1.93. The highest BCUT2D eigenvalue weighted by atomic mass is 32.2. The van der Waals surface area contributed by atoms with Gasteiger partial charge in [0, 0.05) is 42.9 Å². The van der Waals surface area contributed by atoms with Gasteiger partial charge in [0.2, 0.25) is 21.7 Å². The van der Waals surface area contributed by atoms with E-state index in [0.717, 1.165) is 24.3 Å². The number of hydrogen-bond acceptors (Lipinski definition) is 8. The Labute approximate surface area is 173 Å². The van der Waals surface area contributed by atoms with Crippen molar-refractivity contribution in [3.8, 4) is 17.2 Å². The zero-order valence-corrected chi connectivity index (χ0v) is 17.3. The zero-order valence-electron chi connectivity index (χ0n) is 16.5. The van der Waals surface area contributed by atoms with Gasteiger partial charge < -0.3 is 19.5 Å². The number of anilines is 1. The second-order valence-electron chi connectivity index (χ2n) is 5.86. The molecule has 0 atom stereocenters. The Kier molecular flexibility index (Phi) is 7.55. The van der Waals surface area contributed by atoms with Gasteiger partial charge in [0.15, 0.2) is 11.5 Å². The molecule has 11 nitrogen and oxygen atoms in total. The molecule has 0 heterocycles. The van der Waals surface area contributed by atoms with Gasteiger partial charge in [-0.1, -0.05) is 0 Å². The minimum atomic E-state index is -3.91. The van der Waals surface area contributed by atoms with Crippen molar-refractivity contribution in [2.45, 2.75) is 11.3 Å². The highest BCUT2D eigenvalue weighted by Crippen LogP contribution is 2.39. The summed E-state index contributed by atoms with van der Waals surface area (Å²) in [5.74, 6) is 0.626. The van der Waals surface area contributed by atoms with Crippen molar-refractivity contribution in [2.24, 2.45) is 0 Å². The van der Waals surface area contributed by atoms with Crippen LogP contribution in [0.25, 0.3) is 0 Å². The fraction of sp³-hybridized carbons (Fsp3) is 0.278. The Balaban J connectivity index is 1.98. The van der Waals surface area contributed by atoms with Crippen molar-refractivity contribution in [1.82, 2.24) is 4.72 Å². The van der Waals surface area contributed by atoms with E-state index in [-0.39, 0.29) is 23.5 Å². The lowest BCUT2D eigenvalue weighted by atomic mass is 10.2. The van der Waals surface area contributed by atoms with Gasteiger partial charge >= 0.3 is 0 Å². The van der Waals surface area contributed by atoms with E-state index in [9.17, 15) is 23.3 Å². The molecule has 2 aromatic carbocycles. The number of amides is 1. The summed E-state index contributed by atoms with van der Waals surface area (Å²) in [5, 5.41) is 13.3. The maximum absolute atomic E-state index is 12.2. The third-order valence-corrected chi connectivity index (χ3v) is 5.43. The monoisotopic (exact) mass is 439 g/mol. The molecule has 0 fully saturated rings. The molecule has 0 unspecified atom stereocenters. The fourth-order valence-corrected chi connectivity index (χ4v) is 3.54. The van der Waals surface area contributed by atoms with E-state index in [1.807, 2.05) is 0 Å². The lowest BCUT2D eigenvalue weighted by molar-refractivity contribution is -0.384. The summed E-state index contributed by atoms with van der Waals surface area (Å²) in [4.78, 5) is 22.1. The van der Waals surface area contributed by atoms with Gasteiger partial charge in [0.05, 0.1) is 31.1 Å². The molecule has 0 saturated heterocycles. The summed E-state index contributed by atoms with van der Waals surface area (Å²) in [7, 11) is 0.424. The third-order valence-electron chi connectivity index (χ3n) is 3.95. The average Bonchev–Trinajstić information content (AvgIpc) is 2.72. The van der Waals surface area contributed by atoms with E-state index < -0.39 is 20.9 Å². The van der Waals surface area contributed by atoms with Crippen molar-refractivity contribution >= 4 is 27.3 Å². The molecular weight excluding hydrogens is 418 g/mol. The van der Waals surface area contributed by atoms with Gasteiger partial charge in [-0.05, 0) is 12.1 Å². The minimum absolute atomic E-state index is 0.141. The molecule has 0 aliphatic rings. The molecule has 2 rings (SSSR count). The molecule has 2 N–H and O–H groups in total. The van der Waals surface area contributed by atoms with Crippen molar-refractivity contribution in [2.75, 3.05) is 33.2 Å². The first-order valence-electron chi connectivity index (χ1n) is 8.55. The summed E-state index contributed by atoms with van der Waals surface area (Å²) < 4.78 is 42.4. The normalized spacial score (nSPS) is 10.9. The number of methoxy groups -OCH3 is 3. The van der Waals surface area contributed by atoms with E-state index in [0.29, 0.717) is 22.9 Å². The van der Waals surface area contributed by atoms with Crippen LogP contribution >= 0.6 is 0 Å². The van der Waals surface area contributed by atoms with Gasteiger partial charge in [-0.3, -0.25) is 14.9 Å². The third kappa shape index (κ3) is 5.58. The molecule has 12 heteroatoms. The van der Waals surface area contributed by atoms with Crippen molar-refractivity contribution in [3.63, 3.8) is 0 Å². The molecule has 1 amide bonds. The van der Waals surface area contributed by atoms with Crippen LogP contribution in [0.2, 0.25) is 0 Å². The Morgan fingerprint density at radius 3 is 2.07 bits per heavy atom. The molecule has 0 radical (unpaired) electrons. The Morgan fingerprint density at radius 1 is 1.03 bits per heavy atom. The van der Waals surface area contributed by atoms with Crippen LogP contribution in [0, 0.1) is 10.1 Å². The number of ether oxygens (including phenoxy) is 3. The Bertz CT molecular complexity index is 997. The van der Waals surface area contributed by atoms with Crippen LogP contribution in [0.3, 0.4) is 0 Å². The summed E-state index contributed by atoms with van der Waals surface area (Å²) in [6.45, 7) is -0.171. The maximum Gasteiger partial charge on any atom is 0.269 e. The molecular formula is C18H21N3O8S. The quantitative estimate of drug-likeness (QED) is 0.422. The standard InChI is InChI=1S/C18H21N3O8S/c1-27-15-10-12(11-16(28-2)18(15)29-3)20-17(22)8-9-19-30(25,26)14-6-4-13(5-7-14)21(23)24/h4-7,10-11,19H,8-9H2,1-3H3,(H,20,22). The maximum atomic E-state index is 12.2. The number of hydrogen-bond donors (Lipinski definition) is 2. The summed E-state index contributed by atoms with van der Waals surface area (Å²) in [6, 6.07) is 7.50. The number of nitrogens with zero attached hydrogens (tertiary/aromatic N) is 1. The molecule has 0 saturated carbocycles. The molecule has 0 aliphatic carbocycles. The smallest absolute Gasteiger partial charge is 0.269 e. The molecule has 0 aromatic heterocycles. The number of carbonyl (C=O) groups is 1. The van der Waals surface area contributed by atoms with Gasteiger partial charge in [-0.15, -0.1) is 0 Å². The largest absolute Gasteiger partial charge is 0.493 e. The van der Waals surface area contributed by atoms with Crippen LogP contribution in [-0.2, 0) is 14.8 Å². The summed E-state index contributed by atoms with van der Waals surface area (Å²) >= 11 is 0. The molecule has 0 bridgehead atoms. The van der Waals surface area contributed by atoms with E-state index in [2.05, 4.69) is 10.0 Å². The SMILES string of the molecule is COc1cc(NC(=O)CCNS(=O)(=O)c2ccc([N+](=O)[O-])cc2)cc(OC)c1OC. The fourth-order valence-electron chi connectivity index (χ4n) is 2.51. The summed E-state index contributed by atoms with van der Waals surface area (Å²) in [6.07, 6.45) is -0.150. The van der Waals surface area contributed by atoms with Crippen LogP contribution in [0.4, 0.5) is 11.4 Å². The molecule has 162 valence electrons. The second kappa shape index (κ2) is 9.89. The first kappa shape index (κ1) is 22.9. The predicted molar refractivity (Wildman–Crippen MR) is 108 cm³/mol. The van der Waals surface area contributed by atoms with E-state index >= 15 is 0 Å². The highest BCUT2D eigenvalue weighted by molar-refractivity contribution is 7.89. The highest BCUT2D eigenvalue weighted by Gasteiger charge is 2.17. The number of nitrogens with one attached hydrogen (secondary N) is 2. The number of rotatable bonds is 10.